The SMILES string of the molecule is O=S(=O)(NOC1CCCC1)c1ccc(F)cc1Cl. The Morgan fingerprint density at radius 2 is 2.00 bits per heavy atom. The smallest absolute Gasteiger partial charge is 0.263 e. The number of hydrogen-bond acceptors (Lipinski definition) is 3. The number of hydrogen-bond donors (Lipinski definition) is 1. The highest BCUT2D eigenvalue weighted by atomic mass is 35.5. The zero-order valence-corrected chi connectivity index (χ0v) is 11.1. The number of rotatable bonds is 4. The molecule has 0 radical (unpaired) electrons. The second-order valence-corrected chi connectivity index (χ2v) is 6.21. The molecule has 0 aromatic heterocycles. The molecular weight excluding hydrogens is 281 g/mol. The highest BCUT2D eigenvalue weighted by Gasteiger charge is 2.22. The van der Waals surface area contributed by atoms with Gasteiger partial charge in [-0.15, -0.1) is 0 Å². The summed E-state index contributed by atoms with van der Waals surface area (Å²) in [6.45, 7) is 0. The molecule has 7 heteroatoms. The molecule has 1 aromatic carbocycles. The zero-order chi connectivity index (χ0) is 13.2. The van der Waals surface area contributed by atoms with Crippen molar-refractivity contribution in [3.8, 4) is 0 Å². The molecule has 1 fully saturated rings. The van der Waals surface area contributed by atoms with E-state index in [1.54, 1.807) is 0 Å². The Bertz CT molecular complexity index is 529. The van der Waals surface area contributed by atoms with Crippen LogP contribution in [0.25, 0.3) is 0 Å². The molecule has 1 aromatic rings. The second-order valence-electron chi connectivity index (χ2n) is 4.19. The van der Waals surface area contributed by atoms with Crippen LogP contribution >= 0.6 is 11.6 Å². The van der Waals surface area contributed by atoms with Crippen LogP contribution in [-0.4, -0.2) is 14.5 Å². The highest BCUT2D eigenvalue weighted by Crippen LogP contribution is 2.24. The van der Waals surface area contributed by atoms with Crippen LogP contribution in [0.1, 0.15) is 25.7 Å². The van der Waals surface area contributed by atoms with Gasteiger partial charge in [0.05, 0.1) is 11.1 Å². The highest BCUT2D eigenvalue weighted by molar-refractivity contribution is 7.89. The predicted octanol–water partition coefficient (Wildman–Crippen LogP) is 2.63. The molecule has 1 aliphatic carbocycles. The van der Waals surface area contributed by atoms with Gasteiger partial charge in [0.25, 0.3) is 10.0 Å². The summed E-state index contributed by atoms with van der Waals surface area (Å²) >= 11 is 5.69. The molecule has 0 unspecified atom stereocenters. The fourth-order valence-electron chi connectivity index (χ4n) is 1.88. The largest absolute Gasteiger partial charge is 0.284 e. The molecule has 4 nitrogen and oxygen atoms in total. The minimum absolute atomic E-state index is 0.0981. The number of nitrogens with one attached hydrogen (secondary N) is 1. The van der Waals surface area contributed by atoms with Crippen molar-refractivity contribution in [3.63, 3.8) is 0 Å². The first kappa shape index (κ1) is 13.7. The van der Waals surface area contributed by atoms with Crippen LogP contribution in [0.5, 0.6) is 0 Å². The molecule has 1 N–H and O–H groups in total. The summed E-state index contributed by atoms with van der Waals surface area (Å²) in [5.41, 5.74) is 0. The van der Waals surface area contributed by atoms with Gasteiger partial charge in [-0.05, 0) is 31.0 Å². The summed E-state index contributed by atoms with van der Waals surface area (Å²) < 4.78 is 36.6. The average Bonchev–Trinajstić information content (AvgIpc) is 2.78. The monoisotopic (exact) mass is 293 g/mol. The maximum atomic E-state index is 12.8. The lowest BCUT2D eigenvalue weighted by Gasteiger charge is -2.12. The first-order valence-electron chi connectivity index (χ1n) is 5.61. The van der Waals surface area contributed by atoms with Crippen molar-refractivity contribution in [3.05, 3.63) is 29.0 Å². The van der Waals surface area contributed by atoms with E-state index < -0.39 is 15.8 Å². The van der Waals surface area contributed by atoms with E-state index in [-0.39, 0.29) is 16.0 Å². The standard InChI is InChI=1S/C11H13ClFNO3S/c12-10-7-8(13)5-6-11(10)18(15,16)14-17-9-3-1-2-4-9/h5-7,9,14H,1-4H2. The Hall–Kier alpha value is -0.690. The number of halogens is 2. The topological polar surface area (TPSA) is 55.4 Å². The molecule has 2 rings (SSSR count). The molecule has 1 aliphatic rings. The first-order chi connectivity index (χ1) is 8.49. The molecule has 0 atom stereocenters. The summed E-state index contributed by atoms with van der Waals surface area (Å²) in [5.74, 6) is -0.587. The van der Waals surface area contributed by atoms with Crippen LogP contribution in [0.4, 0.5) is 4.39 Å². The maximum absolute atomic E-state index is 12.8. The molecule has 0 bridgehead atoms. The van der Waals surface area contributed by atoms with Crippen molar-refractivity contribution in [1.29, 1.82) is 0 Å². The van der Waals surface area contributed by atoms with Crippen molar-refractivity contribution in [2.24, 2.45) is 0 Å². The number of benzene rings is 1. The second kappa shape index (κ2) is 5.52. The van der Waals surface area contributed by atoms with Crippen LogP contribution in [-0.2, 0) is 14.9 Å². The Labute approximate surface area is 110 Å². The van der Waals surface area contributed by atoms with E-state index in [0.717, 1.165) is 43.9 Å². The Kier molecular flexibility index (Phi) is 4.21. The summed E-state index contributed by atoms with van der Waals surface area (Å²) in [5, 5.41) is -0.169. The van der Waals surface area contributed by atoms with Crippen molar-refractivity contribution in [1.82, 2.24) is 4.89 Å². The normalized spacial score (nSPS) is 17.2. The molecule has 0 aliphatic heterocycles. The minimum Gasteiger partial charge on any atom is -0.284 e. The Morgan fingerprint density at radius 3 is 2.61 bits per heavy atom. The minimum atomic E-state index is -3.87. The summed E-state index contributed by atoms with van der Waals surface area (Å²) in [4.78, 5) is 6.97. The van der Waals surface area contributed by atoms with Crippen molar-refractivity contribution in [2.45, 2.75) is 36.7 Å². The Balaban J connectivity index is 2.09. The molecule has 0 spiro atoms. The van der Waals surface area contributed by atoms with Crippen LogP contribution in [0, 0.1) is 5.82 Å². The fraction of sp³-hybridized carbons (Fsp3) is 0.455. The molecule has 0 saturated heterocycles. The Morgan fingerprint density at radius 1 is 1.33 bits per heavy atom. The van der Waals surface area contributed by atoms with E-state index >= 15 is 0 Å². The van der Waals surface area contributed by atoms with E-state index in [1.165, 1.54) is 0 Å². The van der Waals surface area contributed by atoms with Crippen molar-refractivity contribution in [2.75, 3.05) is 0 Å². The predicted molar refractivity (Wildman–Crippen MR) is 65.1 cm³/mol. The lowest BCUT2D eigenvalue weighted by atomic mass is 10.3. The molecule has 0 heterocycles. The first-order valence-corrected chi connectivity index (χ1v) is 7.48. The van der Waals surface area contributed by atoms with E-state index in [1.807, 2.05) is 4.89 Å². The number of sulfonamides is 1. The van der Waals surface area contributed by atoms with E-state index in [0.29, 0.717) is 0 Å². The van der Waals surface area contributed by atoms with Gasteiger partial charge in [-0.3, -0.25) is 4.84 Å². The van der Waals surface area contributed by atoms with Crippen LogP contribution in [0.2, 0.25) is 5.02 Å². The van der Waals surface area contributed by atoms with Crippen molar-refractivity contribution >= 4 is 21.6 Å². The molecule has 18 heavy (non-hydrogen) atoms. The van der Waals surface area contributed by atoms with Crippen LogP contribution < -0.4 is 4.89 Å². The van der Waals surface area contributed by atoms with Crippen LogP contribution in [0.15, 0.2) is 23.1 Å². The van der Waals surface area contributed by atoms with Gasteiger partial charge < -0.3 is 0 Å². The van der Waals surface area contributed by atoms with Gasteiger partial charge in [0, 0.05) is 0 Å². The summed E-state index contributed by atoms with van der Waals surface area (Å²) in [6, 6.07) is 3.10. The van der Waals surface area contributed by atoms with Gasteiger partial charge in [-0.25, -0.2) is 12.8 Å². The van der Waals surface area contributed by atoms with Crippen molar-refractivity contribution < 1.29 is 17.6 Å². The molecule has 1 saturated carbocycles. The average molecular weight is 294 g/mol. The third-order valence-electron chi connectivity index (χ3n) is 2.81. The lowest BCUT2D eigenvalue weighted by Crippen LogP contribution is -2.28. The van der Waals surface area contributed by atoms with Gasteiger partial charge in [-0.1, -0.05) is 29.3 Å². The molecule has 0 amide bonds. The van der Waals surface area contributed by atoms with Gasteiger partial charge in [-0.2, -0.15) is 0 Å². The zero-order valence-electron chi connectivity index (χ0n) is 9.53. The molecular formula is C11H13ClFNO3S. The maximum Gasteiger partial charge on any atom is 0.263 e. The molecule has 100 valence electrons. The lowest BCUT2D eigenvalue weighted by molar-refractivity contribution is 0.0223. The summed E-state index contributed by atoms with van der Waals surface area (Å²) in [7, 11) is -3.87. The quantitative estimate of drug-likeness (QED) is 0.868. The van der Waals surface area contributed by atoms with E-state index in [4.69, 9.17) is 16.4 Å². The van der Waals surface area contributed by atoms with Gasteiger partial charge in [0.1, 0.15) is 10.7 Å². The van der Waals surface area contributed by atoms with Crippen LogP contribution in [0.3, 0.4) is 0 Å². The third kappa shape index (κ3) is 3.20. The fourth-order valence-corrected chi connectivity index (χ4v) is 3.26. The van der Waals surface area contributed by atoms with E-state index in [9.17, 15) is 12.8 Å². The third-order valence-corrected chi connectivity index (χ3v) is 4.49. The van der Waals surface area contributed by atoms with Gasteiger partial charge >= 0.3 is 0 Å². The van der Waals surface area contributed by atoms with Gasteiger partial charge in [0.15, 0.2) is 0 Å². The van der Waals surface area contributed by atoms with Gasteiger partial charge in [0.2, 0.25) is 0 Å². The van der Waals surface area contributed by atoms with E-state index in [2.05, 4.69) is 0 Å². The summed E-state index contributed by atoms with van der Waals surface area (Å²) in [6.07, 6.45) is 3.63.